The minimum absolute atomic E-state index is 0.0672. The highest BCUT2D eigenvalue weighted by Crippen LogP contribution is 2.28. The molecule has 30 heavy (non-hydrogen) atoms. The van der Waals surface area contributed by atoms with Gasteiger partial charge in [-0.2, -0.15) is 0 Å². The molecule has 0 aromatic heterocycles. The minimum Gasteiger partial charge on any atom is -0.493 e. The molecule has 2 aromatic rings. The van der Waals surface area contributed by atoms with Gasteiger partial charge >= 0.3 is 0 Å². The van der Waals surface area contributed by atoms with Crippen molar-refractivity contribution >= 4 is 23.6 Å². The van der Waals surface area contributed by atoms with Gasteiger partial charge in [-0.3, -0.25) is 9.59 Å². The topological polar surface area (TPSA) is 76.7 Å². The first-order valence-corrected chi connectivity index (χ1v) is 10.1. The van der Waals surface area contributed by atoms with Crippen LogP contribution in [0.2, 0.25) is 0 Å². The molecule has 2 N–H and O–H groups in total. The zero-order valence-corrected chi connectivity index (χ0v) is 18.0. The standard InChI is InChI=1S/C24H30N2O4/c1-5-6-15-30-21-13-7-18(16-22(21)29-4)8-14-23(27)26-20-11-9-19(10-12-20)24(28)25-17(2)3/h7-14,16-17H,5-6,15H2,1-4H3,(H,25,28)(H,26,27). The Morgan fingerprint density at radius 3 is 2.43 bits per heavy atom. The number of carbonyl (C=O) groups excluding carboxylic acids is 2. The van der Waals surface area contributed by atoms with Crippen molar-refractivity contribution in [1.82, 2.24) is 5.32 Å². The largest absolute Gasteiger partial charge is 0.493 e. The number of amides is 2. The van der Waals surface area contributed by atoms with Gasteiger partial charge in [-0.15, -0.1) is 0 Å². The van der Waals surface area contributed by atoms with Crippen LogP contribution in [0.15, 0.2) is 48.5 Å². The molecule has 0 aliphatic heterocycles. The molecule has 160 valence electrons. The molecule has 0 fully saturated rings. The Morgan fingerprint density at radius 1 is 1.07 bits per heavy atom. The van der Waals surface area contributed by atoms with E-state index in [1.54, 1.807) is 37.5 Å². The van der Waals surface area contributed by atoms with Crippen LogP contribution in [0.5, 0.6) is 11.5 Å². The second-order valence-corrected chi connectivity index (χ2v) is 7.14. The lowest BCUT2D eigenvalue weighted by Crippen LogP contribution is -2.29. The lowest BCUT2D eigenvalue weighted by atomic mass is 10.1. The van der Waals surface area contributed by atoms with Gasteiger partial charge in [-0.25, -0.2) is 0 Å². The number of ether oxygens (including phenoxy) is 2. The third-order valence-electron chi connectivity index (χ3n) is 4.20. The zero-order valence-electron chi connectivity index (χ0n) is 18.0. The zero-order chi connectivity index (χ0) is 21.9. The van der Waals surface area contributed by atoms with Crippen LogP contribution >= 0.6 is 0 Å². The van der Waals surface area contributed by atoms with Gasteiger partial charge in [0.05, 0.1) is 13.7 Å². The highest BCUT2D eigenvalue weighted by Gasteiger charge is 2.08. The summed E-state index contributed by atoms with van der Waals surface area (Å²) in [5.74, 6) is 0.911. The SMILES string of the molecule is CCCCOc1ccc(C=CC(=O)Nc2ccc(C(=O)NC(C)C)cc2)cc1OC. The van der Waals surface area contributed by atoms with Crippen LogP contribution in [-0.2, 0) is 4.79 Å². The maximum atomic E-state index is 12.2. The summed E-state index contributed by atoms with van der Waals surface area (Å²) >= 11 is 0. The molecule has 2 amide bonds. The summed E-state index contributed by atoms with van der Waals surface area (Å²) in [6, 6.07) is 12.4. The van der Waals surface area contributed by atoms with Gasteiger partial charge in [0.15, 0.2) is 11.5 Å². The van der Waals surface area contributed by atoms with Crippen LogP contribution < -0.4 is 20.1 Å². The number of hydrogen-bond donors (Lipinski definition) is 2. The van der Waals surface area contributed by atoms with Gasteiger partial charge in [0.25, 0.3) is 5.91 Å². The minimum atomic E-state index is -0.267. The van der Waals surface area contributed by atoms with Gasteiger partial charge in [0, 0.05) is 23.4 Å². The molecule has 0 atom stereocenters. The molecule has 0 aliphatic rings. The smallest absolute Gasteiger partial charge is 0.251 e. The third kappa shape index (κ3) is 7.28. The number of nitrogens with one attached hydrogen (secondary N) is 2. The number of rotatable bonds is 10. The molecule has 0 spiro atoms. The van der Waals surface area contributed by atoms with Crippen LogP contribution in [0.1, 0.15) is 49.5 Å². The fraction of sp³-hybridized carbons (Fsp3) is 0.333. The molecule has 6 nitrogen and oxygen atoms in total. The molecule has 2 aromatic carbocycles. The lowest BCUT2D eigenvalue weighted by molar-refractivity contribution is -0.111. The van der Waals surface area contributed by atoms with Crippen molar-refractivity contribution in [3.63, 3.8) is 0 Å². The van der Waals surface area contributed by atoms with Crippen molar-refractivity contribution in [2.24, 2.45) is 0 Å². The second kappa shape index (κ2) is 11.7. The fourth-order valence-electron chi connectivity index (χ4n) is 2.64. The highest BCUT2D eigenvalue weighted by atomic mass is 16.5. The van der Waals surface area contributed by atoms with Crippen LogP contribution in [0.3, 0.4) is 0 Å². The maximum absolute atomic E-state index is 12.2. The number of hydrogen-bond acceptors (Lipinski definition) is 4. The number of benzene rings is 2. The van der Waals surface area contributed by atoms with Crippen LogP contribution in [-0.4, -0.2) is 31.6 Å². The van der Waals surface area contributed by atoms with E-state index in [0.717, 1.165) is 18.4 Å². The summed E-state index contributed by atoms with van der Waals surface area (Å²) in [6.45, 7) is 6.56. The highest BCUT2D eigenvalue weighted by molar-refractivity contribution is 6.02. The van der Waals surface area contributed by atoms with Crippen molar-refractivity contribution in [2.45, 2.75) is 39.7 Å². The van der Waals surface area contributed by atoms with Crippen molar-refractivity contribution in [3.05, 3.63) is 59.7 Å². The fourth-order valence-corrected chi connectivity index (χ4v) is 2.64. The molecule has 0 radical (unpaired) electrons. The molecule has 0 unspecified atom stereocenters. The van der Waals surface area contributed by atoms with E-state index in [4.69, 9.17) is 9.47 Å². The number of carbonyl (C=O) groups is 2. The Hall–Kier alpha value is -3.28. The van der Waals surface area contributed by atoms with E-state index < -0.39 is 0 Å². The van der Waals surface area contributed by atoms with Crippen molar-refractivity contribution in [1.29, 1.82) is 0 Å². The summed E-state index contributed by atoms with van der Waals surface area (Å²) in [7, 11) is 1.59. The summed E-state index contributed by atoms with van der Waals surface area (Å²) in [4.78, 5) is 24.2. The van der Waals surface area contributed by atoms with Gasteiger partial charge in [-0.05, 0) is 68.3 Å². The average molecular weight is 411 g/mol. The normalized spacial score (nSPS) is 10.8. The van der Waals surface area contributed by atoms with E-state index in [2.05, 4.69) is 17.6 Å². The Morgan fingerprint density at radius 2 is 1.80 bits per heavy atom. The molecule has 2 rings (SSSR count). The van der Waals surface area contributed by atoms with Gasteiger partial charge in [-0.1, -0.05) is 19.4 Å². The Balaban J connectivity index is 1.96. The van der Waals surface area contributed by atoms with Gasteiger partial charge in [0.1, 0.15) is 0 Å². The second-order valence-electron chi connectivity index (χ2n) is 7.14. The average Bonchev–Trinajstić information content (AvgIpc) is 2.73. The molecule has 0 saturated carbocycles. The monoisotopic (exact) mass is 410 g/mol. The van der Waals surface area contributed by atoms with Crippen LogP contribution in [0.25, 0.3) is 6.08 Å². The first kappa shape index (κ1) is 23.0. The van der Waals surface area contributed by atoms with E-state index in [9.17, 15) is 9.59 Å². The molecule has 6 heteroatoms. The number of anilines is 1. The summed E-state index contributed by atoms with van der Waals surface area (Å²) in [5, 5.41) is 5.61. The molecule has 0 bridgehead atoms. The molecular weight excluding hydrogens is 380 g/mol. The first-order chi connectivity index (χ1) is 14.4. The maximum Gasteiger partial charge on any atom is 0.251 e. The molecule has 0 saturated heterocycles. The predicted octanol–water partition coefficient (Wildman–Crippen LogP) is 4.66. The molecular formula is C24H30N2O4. The molecule has 0 aliphatic carbocycles. The van der Waals surface area contributed by atoms with Crippen molar-refractivity contribution in [2.75, 3.05) is 19.0 Å². The number of unbranched alkanes of at least 4 members (excludes halogenated alkanes) is 1. The summed E-state index contributed by atoms with van der Waals surface area (Å²) < 4.78 is 11.1. The summed E-state index contributed by atoms with van der Waals surface area (Å²) in [5.41, 5.74) is 1.99. The van der Waals surface area contributed by atoms with E-state index in [1.165, 1.54) is 6.08 Å². The van der Waals surface area contributed by atoms with Crippen LogP contribution in [0.4, 0.5) is 5.69 Å². The predicted molar refractivity (Wildman–Crippen MR) is 120 cm³/mol. The lowest BCUT2D eigenvalue weighted by Gasteiger charge is -2.11. The Kier molecular flexibility index (Phi) is 8.94. The van der Waals surface area contributed by atoms with E-state index >= 15 is 0 Å². The van der Waals surface area contributed by atoms with Crippen molar-refractivity contribution < 1.29 is 19.1 Å². The van der Waals surface area contributed by atoms with Crippen molar-refractivity contribution in [3.8, 4) is 11.5 Å². The van der Waals surface area contributed by atoms with E-state index in [0.29, 0.717) is 29.4 Å². The van der Waals surface area contributed by atoms with Gasteiger partial charge < -0.3 is 20.1 Å². The Labute approximate surface area is 178 Å². The number of methoxy groups -OCH3 is 1. The van der Waals surface area contributed by atoms with E-state index in [1.807, 2.05) is 32.0 Å². The Bertz CT molecular complexity index is 873. The molecule has 0 heterocycles. The first-order valence-electron chi connectivity index (χ1n) is 10.1. The quantitative estimate of drug-likeness (QED) is 0.441. The third-order valence-corrected chi connectivity index (χ3v) is 4.20. The van der Waals surface area contributed by atoms with Gasteiger partial charge in [0.2, 0.25) is 5.91 Å². The van der Waals surface area contributed by atoms with E-state index in [-0.39, 0.29) is 17.9 Å². The summed E-state index contributed by atoms with van der Waals surface area (Å²) in [6.07, 6.45) is 5.20. The van der Waals surface area contributed by atoms with Crippen LogP contribution in [0, 0.1) is 0 Å².